The number of halogens is 1. The Morgan fingerprint density at radius 3 is 1.32 bits per heavy atom. The van der Waals surface area contributed by atoms with E-state index < -0.39 is 17.4 Å². The third kappa shape index (κ3) is 13.8. The number of fused-ring (bicyclic) bond motifs is 8. The van der Waals surface area contributed by atoms with Crippen molar-refractivity contribution in [1.29, 1.82) is 1.34 Å². The number of primary amides is 2. The summed E-state index contributed by atoms with van der Waals surface area (Å²) in [4.78, 5) is 52.2. The Morgan fingerprint density at radius 2 is 0.829 bits per heavy atom. The van der Waals surface area contributed by atoms with Crippen LogP contribution in [0.3, 0.4) is 0 Å². The van der Waals surface area contributed by atoms with Gasteiger partial charge in [0.2, 0.25) is 0 Å². The predicted molar refractivity (Wildman–Crippen MR) is 337 cm³/mol. The van der Waals surface area contributed by atoms with E-state index in [-0.39, 0.29) is 25.8 Å². The quantitative estimate of drug-likeness (QED) is 0.0639. The van der Waals surface area contributed by atoms with Crippen molar-refractivity contribution in [2.75, 3.05) is 48.5 Å². The van der Waals surface area contributed by atoms with Crippen LogP contribution in [0.1, 0.15) is 56.7 Å². The second-order valence-electron chi connectivity index (χ2n) is 17.2. The molecule has 17 heteroatoms. The largest absolute Gasteiger partial charge is 0.496 e. The first-order valence-electron chi connectivity index (χ1n) is 25.6. The minimum atomic E-state index is -0.588. The van der Waals surface area contributed by atoms with Crippen molar-refractivity contribution in [2.45, 2.75) is 20.7 Å². The number of methoxy groups -OCH3 is 3. The van der Waals surface area contributed by atoms with Gasteiger partial charge in [-0.15, -0.1) is 0 Å². The maximum absolute atomic E-state index is 12.3. The maximum atomic E-state index is 12.3. The van der Waals surface area contributed by atoms with Crippen LogP contribution in [0.4, 0.5) is 59.9 Å². The van der Waals surface area contributed by atoms with Crippen molar-refractivity contribution < 1.29 is 38.5 Å². The fraction of sp³-hybridized carbons (Fsp3) is 0.108. The summed E-state index contributed by atoms with van der Waals surface area (Å²) in [7, 11) is 7.19. The molecule has 0 bridgehead atoms. The Hall–Kier alpha value is -9.87. The molecule has 4 aliphatic rings. The number of carbonyl (C=O) groups excluding carboxylic acids is 4. The van der Waals surface area contributed by atoms with Crippen molar-refractivity contribution >= 4 is 124 Å². The molecule has 8 aromatic rings. The number of para-hydroxylation sites is 8. The molecule has 12 rings (SSSR count). The number of aliphatic hydroxyl groups is 1. The molecule has 8 aromatic carbocycles. The molecular formula is C65H66BClN7O8. The van der Waals surface area contributed by atoms with E-state index in [2.05, 4.69) is 35.7 Å². The number of urea groups is 2. The summed E-state index contributed by atoms with van der Waals surface area (Å²) in [5.41, 5.74) is 24.4. The van der Waals surface area contributed by atoms with Crippen molar-refractivity contribution in [3.63, 3.8) is 0 Å². The van der Waals surface area contributed by atoms with E-state index in [4.69, 9.17) is 43.7 Å². The summed E-state index contributed by atoms with van der Waals surface area (Å²) in [5, 5.41) is 9.89. The number of ketones is 1. The normalized spacial score (nSPS) is 12.3. The van der Waals surface area contributed by atoms with Crippen LogP contribution in [0, 0.1) is 0 Å². The van der Waals surface area contributed by atoms with Crippen LogP contribution in [0.2, 0.25) is 6.82 Å². The smallest absolute Gasteiger partial charge is 0.325 e. The molecule has 5 amide bonds. The van der Waals surface area contributed by atoms with Gasteiger partial charge in [-0.25, -0.2) is 9.59 Å². The van der Waals surface area contributed by atoms with Gasteiger partial charge in [-0.2, -0.15) is 0 Å². The van der Waals surface area contributed by atoms with E-state index in [1.54, 1.807) is 58.5 Å². The first kappa shape index (κ1) is 61.3. The Bertz CT molecular complexity index is 3550. The van der Waals surface area contributed by atoms with E-state index in [0.29, 0.717) is 34.1 Å². The van der Waals surface area contributed by atoms with Gasteiger partial charge in [0, 0.05) is 63.8 Å². The Morgan fingerprint density at radius 1 is 0.500 bits per heavy atom. The van der Waals surface area contributed by atoms with E-state index in [1.807, 2.05) is 152 Å². The van der Waals surface area contributed by atoms with E-state index >= 15 is 0 Å². The van der Waals surface area contributed by atoms with Crippen LogP contribution in [-0.4, -0.2) is 65.9 Å². The zero-order valence-corrected chi connectivity index (χ0v) is 46.1. The van der Waals surface area contributed by atoms with Gasteiger partial charge in [0.05, 0.1) is 63.3 Å². The van der Waals surface area contributed by atoms with Crippen LogP contribution in [0.5, 0.6) is 0 Å². The van der Waals surface area contributed by atoms with Crippen molar-refractivity contribution in [2.24, 2.45) is 11.5 Å². The number of nitrogens with two attached hydrogens (primary N) is 2. The number of carbonyl (C=O) groups is 4. The number of benzene rings is 8. The van der Waals surface area contributed by atoms with E-state index in [1.165, 1.54) is 22.5 Å². The highest BCUT2D eigenvalue weighted by Gasteiger charge is 2.29. The number of rotatable bonds is 3. The number of hydrogen-bond donors (Lipinski definition) is 5. The van der Waals surface area contributed by atoms with Crippen LogP contribution in [0.15, 0.2) is 194 Å². The molecule has 419 valence electrons. The monoisotopic (exact) mass is 1120 g/mol. The minimum Gasteiger partial charge on any atom is -0.496 e. The van der Waals surface area contributed by atoms with Crippen molar-refractivity contribution in [1.82, 2.24) is 6.15 Å². The summed E-state index contributed by atoms with van der Waals surface area (Å²) < 4.78 is 22.5. The molecule has 4 heterocycles. The molecule has 0 spiro atoms. The molecule has 0 saturated carbocycles. The van der Waals surface area contributed by atoms with Gasteiger partial charge >= 0.3 is 17.4 Å². The summed E-state index contributed by atoms with van der Waals surface area (Å²) >= 11 is 5.80. The fourth-order valence-electron chi connectivity index (χ4n) is 9.34. The Balaban J connectivity index is 0.000000196. The van der Waals surface area contributed by atoms with Gasteiger partial charge in [0.25, 0.3) is 0 Å². The maximum Gasteiger partial charge on any atom is 0.325 e. The van der Waals surface area contributed by atoms with E-state index in [0.717, 1.165) is 80.3 Å². The number of hydrogen-bond acceptors (Lipinski definition) is 10. The third-order valence-corrected chi connectivity index (χ3v) is 12.9. The second-order valence-corrected chi connectivity index (χ2v) is 17.6. The number of Topliss-reactive ketones (excluding diaryl/α,β-unsaturated/α-hetero) is 1. The minimum absolute atomic E-state index is 0. The zero-order valence-electron chi connectivity index (χ0n) is 46.4. The van der Waals surface area contributed by atoms with Crippen LogP contribution < -0.4 is 37.6 Å². The molecule has 0 saturated heterocycles. The summed E-state index contributed by atoms with van der Waals surface area (Å²) in [6.07, 6.45) is 6.16. The molecule has 82 heavy (non-hydrogen) atoms. The standard InChI is InChI=1S/C16H12ClNO2.C16H14N2O2.C15H12N2O2.C15H13NO.CH4B.CH4O.CH4.H3N/c2*1-20-15-10-11-6-2-4-8-13(11)18(16(17)19)14-9-5-3-7-12(14)15;16-15(19)17-12-7-3-1-5-10(12)9-14(18)11-6-2-4-8-13(11)17;1-17-15-10-11-6-2-4-8-13(11)16-14-9-5-3-7-12(14)15;2*1-2;;/h2-10H,1H3;2-10H,1H3,(H2,17,19);1-8H,9H2,(H2,16,19);2-10,16H,1H3;2*2H,1H3;1H4;1H3/i;;;;2T;;;. The molecule has 9 N–H and O–H groups in total. The summed E-state index contributed by atoms with van der Waals surface area (Å²) in [6, 6.07) is 59.8. The lowest BCUT2D eigenvalue weighted by Gasteiger charge is -2.22. The molecular weight excluding hydrogens is 1050 g/mol. The first-order chi connectivity index (χ1) is 39.4. The van der Waals surface area contributed by atoms with Gasteiger partial charge in [-0.3, -0.25) is 24.3 Å². The third-order valence-electron chi connectivity index (χ3n) is 12.8. The first-order valence-corrected chi connectivity index (χ1v) is 25.4. The molecule has 0 fully saturated rings. The summed E-state index contributed by atoms with van der Waals surface area (Å²) in [5.74, 6) is 2.29. The van der Waals surface area contributed by atoms with Crippen molar-refractivity contribution in [3.8, 4) is 0 Å². The van der Waals surface area contributed by atoms with Gasteiger partial charge in [-0.05, 0) is 110 Å². The number of amides is 5. The molecule has 0 aromatic heterocycles. The number of ether oxygens (including phenoxy) is 3. The molecule has 0 unspecified atom stereocenters. The molecule has 1 radical (unpaired) electrons. The molecule has 4 aliphatic heterocycles. The molecule has 15 nitrogen and oxygen atoms in total. The lowest BCUT2D eigenvalue weighted by Crippen LogP contribution is -2.32. The highest BCUT2D eigenvalue weighted by molar-refractivity contribution is 6.67. The molecule has 0 atom stereocenters. The predicted octanol–water partition coefficient (Wildman–Crippen LogP) is 14.9. The van der Waals surface area contributed by atoms with Gasteiger partial charge in [0.1, 0.15) is 17.3 Å². The van der Waals surface area contributed by atoms with Crippen molar-refractivity contribution in [3.05, 3.63) is 239 Å². The number of aliphatic hydroxyl groups excluding tert-OH is 1. The lowest BCUT2D eigenvalue weighted by molar-refractivity contribution is 0.0994. The topological polar surface area (TPSA) is 225 Å². The highest BCUT2D eigenvalue weighted by atomic mass is 35.5. The average Bonchev–Trinajstić information content (AvgIpc) is 4.09. The lowest BCUT2D eigenvalue weighted by atomic mass is 10.0. The number of nitrogens with zero attached hydrogens (tertiary/aromatic N) is 3. The Labute approximate surface area is 486 Å². The number of anilines is 8. The average molecular weight is 1120 g/mol. The molecule has 0 aliphatic carbocycles. The van der Waals surface area contributed by atoms with Gasteiger partial charge < -0.3 is 42.3 Å². The van der Waals surface area contributed by atoms with E-state index in [9.17, 15) is 19.2 Å². The van der Waals surface area contributed by atoms with Crippen LogP contribution in [-0.2, 0) is 20.6 Å². The fourth-order valence-corrected chi connectivity index (χ4v) is 9.52. The van der Waals surface area contributed by atoms with Gasteiger partial charge in [0.15, 0.2) is 5.78 Å². The SMILES string of the molecule is C.CO.COC1=Cc2ccccc2N(C(=O)Cl)c2ccccc21.COC1=Cc2ccccc2N(C(N)=O)c2ccccc21.COC1=Cc2ccccc2Nc2ccccc21.N.NC(=O)N1c2ccccc2CC(=O)c2ccccc21.[3H][B]C. The van der Waals surface area contributed by atoms with Crippen LogP contribution >= 0.6 is 11.6 Å². The highest BCUT2D eigenvalue weighted by Crippen LogP contribution is 2.42. The second kappa shape index (κ2) is 29.9. The number of nitrogens with one attached hydrogen (secondary N) is 1. The summed E-state index contributed by atoms with van der Waals surface area (Å²) in [6.45, 7) is 1.67. The van der Waals surface area contributed by atoms with Crippen LogP contribution in [0.25, 0.3) is 35.5 Å². The Kier molecular flexibility index (Phi) is 22.4. The van der Waals surface area contributed by atoms with Gasteiger partial charge in [-0.1, -0.05) is 136 Å². The zero-order chi connectivity index (χ0) is 58.0.